The zero-order valence-electron chi connectivity index (χ0n) is 21.9. The molecule has 3 amide bonds. The second kappa shape index (κ2) is 9.20. The molecule has 0 spiro atoms. The Bertz CT molecular complexity index is 1810. The number of nitrogens with one attached hydrogen (secondary N) is 1. The summed E-state index contributed by atoms with van der Waals surface area (Å²) in [6.45, 7) is 0. The predicted molar refractivity (Wildman–Crippen MR) is 152 cm³/mol. The van der Waals surface area contributed by atoms with Gasteiger partial charge in [-0.15, -0.1) is 0 Å². The lowest BCUT2D eigenvalue weighted by Gasteiger charge is -2.52. The molecule has 0 unspecified atom stereocenters. The highest BCUT2D eigenvalue weighted by atomic mass is 16.6. The van der Waals surface area contributed by atoms with Crippen LogP contribution in [0.4, 0.5) is 11.4 Å². The van der Waals surface area contributed by atoms with E-state index in [0.717, 1.165) is 40.5 Å². The summed E-state index contributed by atoms with van der Waals surface area (Å²) in [5.74, 6) is -3.87. The molecule has 4 aromatic rings. The summed E-state index contributed by atoms with van der Waals surface area (Å²) >= 11 is 0. The van der Waals surface area contributed by atoms with E-state index < -0.39 is 33.8 Å². The number of aromatic hydroxyl groups is 1. The number of nitro groups is 1. The maximum absolute atomic E-state index is 14.3. The zero-order valence-corrected chi connectivity index (χ0v) is 21.9. The molecular weight excluding hydrogens is 536 g/mol. The smallest absolute Gasteiger partial charge is 0.275 e. The maximum Gasteiger partial charge on any atom is 0.275 e. The monoisotopic (exact) mass is 558 g/mol. The number of hydrazone groups is 1. The molecule has 4 aliphatic rings. The number of carbonyl (C=O) groups is 3. The first-order valence-electron chi connectivity index (χ1n) is 13.3. The van der Waals surface area contributed by atoms with Gasteiger partial charge in [-0.3, -0.25) is 24.5 Å². The van der Waals surface area contributed by atoms with Crippen LogP contribution in [0.1, 0.15) is 38.5 Å². The van der Waals surface area contributed by atoms with E-state index in [1.54, 1.807) is 24.3 Å². The summed E-state index contributed by atoms with van der Waals surface area (Å²) in [6.07, 6.45) is 1.49. The van der Waals surface area contributed by atoms with Crippen molar-refractivity contribution in [2.24, 2.45) is 16.9 Å². The Labute approximate surface area is 239 Å². The molecule has 4 aromatic carbocycles. The first-order chi connectivity index (χ1) is 20.3. The van der Waals surface area contributed by atoms with Crippen molar-refractivity contribution >= 4 is 35.3 Å². The molecule has 1 saturated heterocycles. The number of rotatable bonds is 5. The minimum absolute atomic E-state index is 0.298. The second-order valence-electron chi connectivity index (χ2n) is 10.5. The summed E-state index contributed by atoms with van der Waals surface area (Å²) in [7, 11) is 0. The van der Waals surface area contributed by atoms with Crippen molar-refractivity contribution in [2.75, 3.05) is 4.90 Å². The highest BCUT2D eigenvalue weighted by molar-refractivity contribution is 6.25. The van der Waals surface area contributed by atoms with Gasteiger partial charge < -0.3 is 5.11 Å². The molecular formula is C32H22N4O6. The number of non-ortho nitro benzene ring substituents is 1. The molecule has 8 rings (SSSR count). The first-order valence-corrected chi connectivity index (χ1v) is 13.3. The lowest BCUT2D eigenvalue weighted by molar-refractivity contribution is -0.384. The number of carbonyl (C=O) groups excluding carboxylic acids is 3. The van der Waals surface area contributed by atoms with Crippen molar-refractivity contribution < 1.29 is 24.4 Å². The Kier molecular flexibility index (Phi) is 5.55. The van der Waals surface area contributed by atoms with Crippen molar-refractivity contribution in [3.63, 3.8) is 0 Å². The predicted octanol–water partition coefficient (Wildman–Crippen LogP) is 4.27. The third-order valence-electron chi connectivity index (χ3n) is 8.57. The third kappa shape index (κ3) is 3.38. The largest absolute Gasteiger partial charge is 0.507 e. The summed E-state index contributed by atoms with van der Waals surface area (Å²) < 4.78 is 0. The molecule has 2 bridgehead atoms. The first kappa shape index (κ1) is 25.3. The Hall–Kier alpha value is -5.64. The molecule has 42 heavy (non-hydrogen) atoms. The fourth-order valence-electron chi connectivity index (χ4n) is 6.95. The lowest BCUT2D eigenvalue weighted by Crippen LogP contribution is -2.54. The van der Waals surface area contributed by atoms with Crippen LogP contribution in [-0.4, -0.2) is 34.0 Å². The molecule has 1 aliphatic heterocycles. The van der Waals surface area contributed by atoms with Crippen LogP contribution in [0.2, 0.25) is 0 Å². The second-order valence-corrected chi connectivity index (χ2v) is 10.5. The molecule has 10 nitrogen and oxygen atoms in total. The van der Waals surface area contributed by atoms with E-state index in [9.17, 15) is 29.6 Å². The fourth-order valence-corrected chi connectivity index (χ4v) is 6.95. The van der Waals surface area contributed by atoms with Crippen LogP contribution in [0.15, 0.2) is 102 Å². The van der Waals surface area contributed by atoms with Crippen LogP contribution < -0.4 is 10.3 Å². The van der Waals surface area contributed by atoms with Crippen LogP contribution in [0.25, 0.3) is 0 Å². The van der Waals surface area contributed by atoms with Crippen molar-refractivity contribution in [1.82, 2.24) is 5.43 Å². The number of hydrogen-bond acceptors (Lipinski definition) is 7. The molecule has 10 heteroatoms. The average Bonchev–Trinajstić information content (AvgIpc) is 3.28. The zero-order chi connectivity index (χ0) is 29.2. The SMILES string of the molecule is O=C(N/N=C\C12c3ccccc3C(c3ccccc31)[C@H]1C(=O)N(c3ccccc3)C(=O)[C@@H]12)c1cc([N+](=O)[O-])ccc1O. The highest BCUT2D eigenvalue weighted by Gasteiger charge is 2.68. The van der Waals surface area contributed by atoms with E-state index in [1.807, 2.05) is 54.6 Å². The fraction of sp³-hybridized carbons (Fsp3) is 0.125. The number of nitro benzene ring substituents is 1. The molecule has 2 N–H and O–H groups in total. The Morgan fingerprint density at radius 3 is 2.17 bits per heavy atom. The number of phenols is 1. The van der Waals surface area contributed by atoms with Crippen molar-refractivity contribution in [2.45, 2.75) is 11.3 Å². The number of imide groups is 1. The standard InChI is InChI=1S/C32H22N4O6/c37-25-15-14-19(36(41)42)16-22(25)29(38)34-33-17-32-23-12-6-4-10-20(23)26(21-11-5-7-13-24(21)32)27-28(32)31(40)35(30(27)39)18-8-2-1-3-9-18/h1-17,26-28,37H,(H,34,38)/b33-17-/t26?,27-,28-,32?/m1/s1. The minimum atomic E-state index is -1.21. The van der Waals surface area contributed by atoms with Crippen LogP contribution in [0, 0.1) is 22.0 Å². The van der Waals surface area contributed by atoms with E-state index in [1.165, 1.54) is 11.1 Å². The Balaban J connectivity index is 1.38. The number of benzene rings is 4. The van der Waals surface area contributed by atoms with Gasteiger partial charge in [0.15, 0.2) is 0 Å². The Morgan fingerprint density at radius 2 is 1.52 bits per heavy atom. The van der Waals surface area contributed by atoms with Crippen LogP contribution >= 0.6 is 0 Å². The minimum Gasteiger partial charge on any atom is -0.507 e. The molecule has 0 radical (unpaired) electrons. The molecule has 2 atom stereocenters. The lowest BCUT2D eigenvalue weighted by atomic mass is 9.47. The highest BCUT2D eigenvalue weighted by Crippen LogP contribution is 2.63. The number of nitrogens with zero attached hydrogens (tertiary/aromatic N) is 3. The molecule has 1 fully saturated rings. The summed E-state index contributed by atoms with van der Waals surface area (Å²) in [4.78, 5) is 53.2. The molecule has 0 aromatic heterocycles. The molecule has 3 aliphatic carbocycles. The summed E-state index contributed by atoms with van der Waals surface area (Å²) in [5.41, 5.74) is 4.38. The van der Waals surface area contributed by atoms with Crippen molar-refractivity contribution in [3.05, 3.63) is 135 Å². The van der Waals surface area contributed by atoms with Gasteiger partial charge in [-0.1, -0.05) is 66.7 Å². The maximum atomic E-state index is 14.3. The van der Waals surface area contributed by atoms with Crippen molar-refractivity contribution in [1.29, 1.82) is 0 Å². The normalized spacial score (nSPS) is 23.4. The summed E-state index contributed by atoms with van der Waals surface area (Å²) in [5, 5.41) is 25.7. The topological polar surface area (TPSA) is 142 Å². The van der Waals surface area contributed by atoms with Gasteiger partial charge in [-0.2, -0.15) is 5.10 Å². The molecule has 0 saturated carbocycles. The van der Waals surface area contributed by atoms with Gasteiger partial charge in [-0.25, -0.2) is 10.3 Å². The van der Waals surface area contributed by atoms with Gasteiger partial charge in [-0.05, 0) is 40.5 Å². The van der Waals surface area contributed by atoms with E-state index in [2.05, 4.69) is 10.5 Å². The van der Waals surface area contributed by atoms with Crippen LogP contribution in [0.3, 0.4) is 0 Å². The van der Waals surface area contributed by atoms with Gasteiger partial charge in [0, 0.05) is 24.3 Å². The van der Waals surface area contributed by atoms with Crippen LogP contribution in [0.5, 0.6) is 5.75 Å². The van der Waals surface area contributed by atoms with E-state index in [4.69, 9.17) is 0 Å². The van der Waals surface area contributed by atoms with Gasteiger partial charge >= 0.3 is 0 Å². The number of amides is 3. The molecule has 206 valence electrons. The average molecular weight is 559 g/mol. The number of anilines is 1. The quantitative estimate of drug-likeness (QED) is 0.162. The number of para-hydroxylation sites is 1. The van der Waals surface area contributed by atoms with Gasteiger partial charge in [0.2, 0.25) is 11.8 Å². The molecule has 1 heterocycles. The van der Waals surface area contributed by atoms with E-state index in [0.29, 0.717) is 5.69 Å². The van der Waals surface area contributed by atoms with Gasteiger partial charge in [0.05, 0.1) is 33.4 Å². The van der Waals surface area contributed by atoms with Crippen molar-refractivity contribution in [3.8, 4) is 5.75 Å². The number of hydrogen-bond donors (Lipinski definition) is 2. The van der Waals surface area contributed by atoms with E-state index >= 15 is 0 Å². The summed E-state index contributed by atoms with van der Waals surface area (Å²) in [6, 6.07) is 27.2. The van der Waals surface area contributed by atoms with Gasteiger partial charge in [0.1, 0.15) is 5.75 Å². The van der Waals surface area contributed by atoms with E-state index in [-0.39, 0.29) is 29.0 Å². The van der Waals surface area contributed by atoms with Crippen LogP contribution in [-0.2, 0) is 15.0 Å². The number of phenolic OH excluding ortho intramolecular Hbond substituents is 1. The third-order valence-corrected chi connectivity index (χ3v) is 8.57. The Morgan fingerprint density at radius 1 is 0.905 bits per heavy atom. The van der Waals surface area contributed by atoms with Gasteiger partial charge in [0.25, 0.3) is 11.6 Å².